The summed E-state index contributed by atoms with van der Waals surface area (Å²) in [6, 6.07) is 12.7. The molecule has 1 atom stereocenters. The van der Waals surface area contributed by atoms with Crippen molar-refractivity contribution in [2.24, 2.45) is 4.99 Å². The highest BCUT2D eigenvalue weighted by atomic mass is 16.5. The van der Waals surface area contributed by atoms with Crippen LogP contribution < -0.4 is 5.32 Å². The molecule has 1 saturated heterocycles. The smallest absolute Gasteiger partial charge is 0.194 e. The third-order valence-electron chi connectivity index (χ3n) is 4.55. The Hall–Kier alpha value is -2.30. The van der Waals surface area contributed by atoms with Gasteiger partial charge in [0.1, 0.15) is 0 Å². The van der Waals surface area contributed by atoms with Crippen LogP contribution in [0.2, 0.25) is 0 Å². The molecule has 1 unspecified atom stereocenters. The fraction of sp³-hybridized carbons (Fsp3) is 0.444. The monoisotopic (exact) mass is 312 g/mol. The van der Waals surface area contributed by atoms with E-state index < -0.39 is 0 Å². The first-order chi connectivity index (χ1) is 11.1. The molecule has 0 aliphatic carbocycles. The molecule has 0 saturated carbocycles. The van der Waals surface area contributed by atoms with E-state index in [0.29, 0.717) is 6.54 Å². The number of likely N-dealkylation sites (tertiary alicyclic amines) is 1. The molecule has 1 aliphatic heterocycles. The number of hydrogen-bond acceptors (Lipinski definition) is 3. The Labute approximate surface area is 137 Å². The molecule has 5 heteroatoms. The van der Waals surface area contributed by atoms with Gasteiger partial charge in [0.05, 0.1) is 12.2 Å². The van der Waals surface area contributed by atoms with Crippen molar-refractivity contribution in [1.82, 2.24) is 15.4 Å². The van der Waals surface area contributed by atoms with Crippen LogP contribution in [-0.4, -0.2) is 36.2 Å². The van der Waals surface area contributed by atoms with Gasteiger partial charge in [-0.25, -0.2) is 0 Å². The van der Waals surface area contributed by atoms with Crippen LogP contribution in [0.4, 0.5) is 0 Å². The van der Waals surface area contributed by atoms with E-state index in [1.54, 1.807) is 0 Å². The third-order valence-corrected chi connectivity index (χ3v) is 4.55. The molecular weight excluding hydrogens is 288 g/mol. The summed E-state index contributed by atoms with van der Waals surface area (Å²) in [6.07, 6.45) is 1.12. The number of hydrogen-bond donors (Lipinski definition) is 1. The van der Waals surface area contributed by atoms with Gasteiger partial charge in [0.25, 0.3) is 0 Å². The Bertz CT molecular complexity index is 679. The standard InChI is InChI=1S/C18H24N4O/c1-14-11-16(23-21-14)12-20-17(19-3)22-10-9-18(2,13-22)15-7-5-4-6-8-15/h4-8,11H,9-10,12-13H2,1-3H3,(H,19,20). The molecule has 1 N–H and O–H groups in total. The molecule has 2 aromatic rings. The lowest BCUT2D eigenvalue weighted by molar-refractivity contribution is 0.372. The predicted octanol–water partition coefficient (Wildman–Crippen LogP) is 2.72. The van der Waals surface area contributed by atoms with Crippen molar-refractivity contribution < 1.29 is 4.52 Å². The van der Waals surface area contributed by atoms with Crippen molar-refractivity contribution in [2.45, 2.75) is 32.2 Å². The first-order valence-corrected chi connectivity index (χ1v) is 8.04. The average molecular weight is 312 g/mol. The van der Waals surface area contributed by atoms with E-state index in [-0.39, 0.29) is 5.41 Å². The summed E-state index contributed by atoms with van der Waals surface area (Å²) in [7, 11) is 1.83. The fourth-order valence-electron chi connectivity index (χ4n) is 3.22. The molecule has 0 spiro atoms. The van der Waals surface area contributed by atoms with Crippen LogP contribution in [0.15, 0.2) is 45.9 Å². The summed E-state index contributed by atoms with van der Waals surface area (Å²) < 4.78 is 5.25. The molecule has 1 aromatic heterocycles. The Morgan fingerprint density at radius 2 is 2.17 bits per heavy atom. The molecule has 1 fully saturated rings. The van der Waals surface area contributed by atoms with Crippen LogP contribution in [0.5, 0.6) is 0 Å². The predicted molar refractivity (Wildman–Crippen MR) is 91.4 cm³/mol. The molecule has 0 radical (unpaired) electrons. The van der Waals surface area contributed by atoms with Gasteiger partial charge in [0, 0.05) is 31.6 Å². The maximum absolute atomic E-state index is 5.25. The van der Waals surface area contributed by atoms with E-state index in [1.807, 2.05) is 20.0 Å². The summed E-state index contributed by atoms with van der Waals surface area (Å²) in [4.78, 5) is 6.74. The normalized spacial score (nSPS) is 21.7. The zero-order valence-electron chi connectivity index (χ0n) is 14.0. The van der Waals surface area contributed by atoms with Crippen molar-refractivity contribution in [3.05, 3.63) is 53.4 Å². The Balaban J connectivity index is 1.64. The molecule has 0 bridgehead atoms. The van der Waals surface area contributed by atoms with Gasteiger partial charge in [0.15, 0.2) is 11.7 Å². The van der Waals surface area contributed by atoms with Gasteiger partial charge in [-0.05, 0) is 18.9 Å². The topological polar surface area (TPSA) is 53.7 Å². The Morgan fingerprint density at radius 3 is 2.83 bits per heavy atom. The van der Waals surface area contributed by atoms with Gasteiger partial charge >= 0.3 is 0 Å². The zero-order chi connectivity index (χ0) is 16.3. The molecule has 5 nitrogen and oxygen atoms in total. The second-order valence-electron chi connectivity index (χ2n) is 6.43. The summed E-state index contributed by atoms with van der Waals surface area (Å²) in [5.41, 5.74) is 2.46. The van der Waals surface area contributed by atoms with E-state index in [4.69, 9.17) is 4.52 Å². The van der Waals surface area contributed by atoms with Crippen LogP contribution in [0, 0.1) is 6.92 Å². The minimum absolute atomic E-state index is 0.168. The highest BCUT2D eigenvalue weighted by Gasteiger charge is 2.36. The van der Waals surface area contributed by atoms with Crippen LogP contribution in [0.3, 0.4) is 0 Å². The quantitative estimate of drug-likeness (QED) is 0.699. The Kier molecular flexibility index (Phi) is 4.37. The number of aromatic nitrogens is 1. The molecule has 23 heavy (non-hydrogen) atoms. The van der Waals surface area contributed by atoms with Crippen LogP contribution in [0.1, 0.15) is 30.4 Å². The molecule has 1 aliphatic rings. The molecular formula is C18H24N4O. The van der Waals surface area contributed by atoms with Crippen molar-refractivity contribution in [1.29, 1.82) is 0 Å². The highest BCUT2D eigenvalue weighted by Crippen LogP contribution is 2.33. The van der Waals surface area contributed by atoms with Gasteiger partial charge in [-0.2, -0.15) is 0 Å². The maximum Gasteiger partial charge on any atom is 0.194 e. The number of aryl methyl sites for hydroxylation is 1. The number of rotatable bonds is 3. The fourth-order valence-corrected chi connectivity index (χ4v) is 3.22. The number of nitrogens with one attached hydrogen (secondary N) is 1. The minimum atomic E-state index is 0.168. The van der Waals surface area contributed by atoms with Crippen molar-refractivity contribution in [3.63, 3.8) is 0 Å². The molecule has 0 amide bonds. The summed E-state index contributed by atoms with van der Waals surface area (Å²) >= 11 is 0. The third kappa shape index (κ3) is 3.38. The number of guanidine groups is 1. The van der Waals surface area contributed by atoms with Crippen molar-refractivity contribution >= 4 is 5.96 Å². The second kappa shape index (κ2) is 6.44. The van der Waals surface area contributed by atoms with E-state index in [9.17, 15) is 0 Å². The summed E-state index contributed by atoms with van der Waals surface area (Å²) in [5.74, 6) is 1.74. The largest absolute Gasteiger partial charge is 0.359 e. The first kappa shape index (κ1) is 15.6. The maximum atomic E-state index is 5.25. The first-order valence-electron chi connectivity index (χ1n) is 8.04. The summed E-state index contributed by atoms with van der Waals surface area (Å²) in [6.45, 7) is 6.82. The van der Waals surface area contributed by atoms with Gasteiger partial charge < -0.3 is 14.7 Å². The molecule has 1 aromatic carbocycles. The van der Waals surface area contributed by atoms with E-state index in [1.165, 1.54) is 5.56 Å². The van der Waals surface area contributed by atoms with Crippen LogP contribution >= 0.6 is 0 Å². The van der Waals surface area contributed by atoms with Crippen molar-refractivity contribution in [3.8, 4) is 0 Å². The molecule has 122 valence electrons. The van der Waals surface area contributed by atoms with Crippen LogP contribution in [0.25, 0.3) is 0 Å². The lowest BCUT2D eigenvalue weighted by Crippen LogP contribution is -2.41. The highest BCUT2D eigenvalue weighted by molar-refractivity contribution is 5.80. The second-order valence-corrected chi connectivity index (χ2v) is 6.43. The zero-order valence-corrected chi connectivity index (χ0v) is 14.0. The summed E-state index contributed by atoms with van der Waals surface area (Å²) in [5, 5.41) is 7.28. The number of benzene rings is 1. The van der Waals surface area contributed by atoms with Gasteiger partial charge in [0.2, 0.25) is 0 Å². The number of aliphatic imine (C=N–C) groups is 1. The lowest BCUT2D eigenvalue weighted by Gasteiger charge is -2.26. The van der Waals surface area contributed by atoms with Gasteiger partial charge in [-0.15, -0.1) is 0 Å². The average Bonchev–Trinajstić information content (AvgIpc) is 3.16. The van der Waals surface area contributed by atoms with Crippen molar-refractivity contribution in [2.75, 3.05) is 20.1 Å². The SMILES string of the molecule is CN=C(NCc1cc(C)no1)N1CCC(C)(c2ccccc2)C1. The van der Waals surface area contributed by atoms with Gasteiger partial charge in [-0.3, -0.25) is 4.99 Å². The van der Waals surface area contributed by atoms with E-state index >= 15 is 0 Å². The molecule has 2 heterocycles. The van der Waals surface area contributed by atoms with Crippen LogP contribution in [-0.2, 0) is 12.0 Å². The molecule has 3 rings (SSSR count). The van der Waals surface area contributed by atoms with E-state index in [0.717, 1.165) is 36.9 Å². The van der Waals surface area contributed by atoms with Gasteiger partial charge in [-0.1, -0.05) is 42.4 Å². The Morgan fingerprint density at radius 1 is 1.39 bits per heavy atom. The minimum Gasteiger partial charge on any atom is -0.359 e. The van der Waals surface area contributed by atoms with E-state index in [2.05, 4.69) is 57.6 Å². The number of nitrogens with zero attached hydrogens (tertiary/aromatic N) is 3. The lowest BCUT2D eigenvalue weighted by atomic mass is 9.82.